The molecule has 0 aliphatic heterocycles. The molecule has 1 aromatic rings. The van der Waals surface area contributed by atoms with E-state index < -0.39 is 0 Å². The number of amides is 1. The topological polar surface area (TPSA) is 67.1 Å². The lowest BCUT2D eigenvalue weighted by atomic mass is 9.87. The van der Waals surface area contributed by atoms with Crippen LogP contribution in [0.4, 0.5) is 5.69 Å². The van der Waals surface area contributed by atoms with Crippen molar-refractivity contribution < 1.29 is 4.79 Å². The molecule has 4 nitrogen and oxygen atoms in total. The molecule has 2 aliphatic carbocycles. The van der Waals surface area contributed by atoms with Gasteiger partial charge in [0.05, 0.1) is 0 Å². The van der Waals surface area contributed by atoms with Crippen LogP contribution in [0.15, 0.2) is 24.3 Å². The highest BCUT2D eigenvalue weighted by molar-refractivity contribution is 5.95. The minimum absolute atomic E-state index is 0.0338. The summed E-state index contributed by atoms with van der Waals surface area (Å²) >= 11 is 0. The van der Waals surface area contributed by atoms with Crippen molar-refractivity contribution in [2.45, 2.75) is 43.8 Å². The number of carbonyl (C=O) groups excluding carboxylic acids is 1. The molecular weight excluding hydrogens is 226 g/mol. The van der Waals surface area contributed by atoms with Crippen molar-refractivity contribution >= 4 is 11.6 Å². The van der Waals surface area contributed by atoms with Gasteiger partial charge in [-0.05, 0) is 43.9 Å². The van der Waals surface area contributed by atoms with Crippen molar-refractivity contribution in [2.24, 2.45) is 5.73 Å². The van der Waals surface area contributed by atoms with Crippen molar-refractivity contribution in [1.82, 2.24) is 5.32 Å². The summed E-state index contributed by atoms with van der Waals surface area (Å²) in [4.78, 5) is 11.9. The average Bonchev–Trinajstić information content (AvgIpc) is 3.11. The molecule has 1 aromatic carbocycles. The van der Waals surface area contributed by atoms with Gasteiger partial charge in [-0.15, -0.1) is 0 Å². The first-order chi connectivity index (χ1) is 8.70. The highest BCUT2D eigenvalue weighted by atomic mass is 16.1. The van der Waals surface area contributed by atoms with Crippen LogP contribution in [0.2, 0.25) is 0 Å². The van der Waals surface area contributed by atoms with Crippen LogP contribution in [0, 0.1) is 0 Å². The lowest BCUT2D eigenvalue weighted by Crippen LogP contribution is -2.44. The summed E-state index contributed by atoms with van der Waals surface area (Å²) in [6.45, 7) is 0. The SMILES string of the molecule is NC1CC(Nc2cccc(C(=O)NC3CC3)c2)C1. The molecule has 2 fully saturated rings. The van der Waals surface area contributed by atoms with Crippen LogP contribution < -0.4 is 16.4 Å². The summed E-state index contributed by atoms with van der Waals surface area (Å²) in [6, 6.07) is 8.89. The Balaban J connectivity index is 1.62. The van der Waals surface area contributed by atoms with Crippen LogP contribution in [0.3, 0.4) is 0 Å². The predicted molar refractivity (Wildman–Crippen MR) is 71.6 cm³/mol. The van der Waals surface area contributed by atoms with Gasteiger partial charge in [0.25, 0.3) is 5.91 Å². The smallest absolute Gasteiger partial charge is 0.251 e. The lowest BCUT2D eigenvalue weighted by Gasteiger charge is -2.33. The molecule has 18 heavy (non-hydrogen) atoms. The molecule has 0 saturated heterocycles. The Morgan fingerprint density at radius 1 is 1.22 bits per heavy atom. The quantitative estimate of drug-likeness (QED) is 0.752. The zero-order valence-corrected chi connectivity index (χ0v) is 10.4. The number of benzene rings is 1. The zero-order chi connectivity index (χ0) is 12.5. The molecule has 4 N–H and O–H groups in total. The van der Waals surface area contributed by atoms with Gasteiger partial charge in [-0.3, -0.25) is 4.79 Å². The normalized spacial score (nSPS) is 26.3. The van der Waals surface area contributed by atoms with Gasteiger partial charge in [-0.1, -0.05) is 6.07 Å². The zero-order valence-electron chi connectivity index (χ0n) is 10.4. The van der Waals surface area contributed by atoms with Crippen molar-refractivity contribution in [3.8, 4) is 0 Å². The molecule has 0 spiro atoms. The van der Waals surface area contributed by atoms with E-state index in [1.165, 1.54) is 0 Å². The summed E-state index contributed by atoms with van der Waals surface area (Å²) in [5.41, 5.74) is 7.50. The van der Waals surface area contributed by atoms with Crippen LogP contribution >= 0.6 is 0 Å². The second-order valence-electron chi connectivity index (χ2n) is 5.40. The van der Waals surface area contributed by atoms with E-state index in [2.05, 4.69) is 10.6 Å². The van der Waals surface area contributed by atoms with Crippen molar-refractivity contribution in [3.63, 3.8) is 0 Å². The fourth-order valence-electron chi connectivity index (χ4n) is 2.26. The Bertz CT molecular complexity index is 450. The van der Waals surface area contributed by atoms with Crippen molar-refractivity contribution in [3.05, 3.63) is 29.8 Å². The van der Waals surface area contributed by atoms with Crippen LogP contribution in [-0.2, 0) is 0 Å². The maximum atomic E-state index is 11.9. The number of carbonyl (C=O) groups is 1. The van der Waals surface area contributed by atoms with E-state index in [1.54, 1.807) is 0 Å². The fraction of sp³-hybridized carbons (Fsp3) is 0.500. The minimum Gasteiger partial charge on any atom is -0.382 e. The standard InChI is InChI=1S/C14H19N3O/c15-10-7-13(8-10)16-12-3-1-2-9(6-12)14(18)17-11-4-5-11/h1-3,6,10-11,13,16H,4-5,7-8,15H2,(H,17,18). The molecule has 0 unspecified atom stereocenters. The van der Waals surface area contributed by atoms with E-state index in [-0.39, 0.29) is 5.91 Å². The predicted octanol–water partition coefficient (Wildman–Crippen LogP) is 1.48. The van der Waals surface area contributed by atoms with Gasteiger partial charge >= 0.3 is 0 Å². The van der Waals surface area contributed by atoms with Gasteiger partial charge in [0.15, 0.2) is 0 Å². The van der Waals surface area contributed by atoms with Gasteiger partial charge in [-0.2, -0.15) is 0 Å². The number of anilines is 1. The Kier molecular flexibility index (Phi) is 2.96. The van der Waals surface area contributed by atoms with E-state index in [9.17, 15) is 4.79 Å². The maximum Gasteiger partial charge on any atom is 0.251 e. The summed E-state index contributed by atoms with van der Waals surface area (Å²) in [5, 5.41) is 6.41. The molecule has 4 heteroatoms. The molecule has 0 radical (unpaired) electrons. The molecule has 0 heterocycles. The molecule has 0 aromatic heterocycles. The van der Waals surface area contributed by atoms with Gasteiger partial charge in [0.1, 0.15) is 0 Å². The molecule has 0 bridgehead atoms. The van der Waals surface area contributed by atoms with Crippen molar-refractivity contribution in [1.29, 1.82) is 0 Å². The fourth-order valence-corrected chi connectivity index (χ4v) is 2.26. The van der Waals surface area contributed by atoms with Gasteiger partial charge < -0.3 is 16.4 Å². The van der Waals surface area contributed by atoms with E-state index in [0.29, 0.717) is 18.1 Å². The molecular formula is C14H19N3O. The third kappa shape index (κ3) is 2.64. The molecule has 2 aliphatic rings. The number of nitrogens with one attached hydrogen (secondary N) is 2. The molecule has 2 saturated carbocycles. The Labute approximate surface area is 107 Å². The van der Waals surface area contributed by atoms with Crippen LogP contribution in [0.5, 0.6) is 0 Å². The molecule has 96 valence electrons. The lowest BCUT2D eigenvalue weighted by molar-refractivity contribution is 0.0951. The molecule has 3 rings (SSSR count). The first-order valence-corrected chi connectivity index (χ1v) is 6.64. The van der Waals surface area contributed by atoms with Gasteiger partial charge in [0, 0.05) is 29.4 Å². The van der Waals surface area contributed by atoms with E-state index in [4.69, 9.17) is 5.73 Å². The van der Waals surface area contributed by atoms with E-state index >= 15 is 0 Å². The number of rotatable bonds is 4. The first-order valence-electron chi connectivity index (χ1n) is 6.64. The maximum absolute atomic E-state index is 11.9. The molecule has 1 amide bonds. The number of nitrogens with two attached hydrogens (primary N) is 1. The molecule has 0 atom stereocenters. The monoisotopic (exact) mass is 245 g/mol. The van der Waals surface area contributed by atoms with E-state index in [1.807, 2.05) is 24.3 Å². The Morgan fingerprint density at radius 2 is 2.00 bits per heavy atom. The first kappa shape index (κ1) is 11.5. The number of hydrogen-bond donors (Lipinski definition) is 3. The third-order valence-electron chi connectivity index (χ3n) is 3.58. The Hall–Kier alpha value is -1.55. The highest BCUT2D eigenvalue weighted by Crippen LogP contribution is 2.23. The van der Waals surface area contributed by atoms with Crippen LogP contribution in [0.25, 0.3) is 0 Å². The van der Waals surface area contributed by atoms with Crippen molar-refractivity contribution in [2.75, 3.05) is 5.32 Å². The van der Waals surface area contributed by atoms with Crippen LogP contribution in [0.1, 0.15) is 36.0 Å². The summed E-state index contributed by atoms with van der Waals surface area (Å²) < 4.78 is 0. The van der Waals surface area contributed by atoms with Crippen LogP contribution in [-0.4, -0.2) is 24.0 Å². The average molecular weight is 245 g/mol. The van der Waals surface area contributed by atoms with E-state index in [0.717, 1.165) is 36.9 Å². The minimum atomic E-state index is 0.0338. The Morgan fingerprint density at radius 3 is 2.67 bits per heavy atom. The van der Waals surface area contributed by atoms with Gasteiger partial charge in [-0.25, -0.2) is 0 Å². The largest absolute Gasteiger partial charge is 0.382 e. The summed E-state index contributed by atoms with van der Waals surface area (Å²) in [7, 11) is 0. The number of hydrogen-bond acceptors (Lipinski definition) is 3. The second-order valence-corrected chi connectivity index (χ2v) is 5.40. The summed E-state index contributed by atoms with van der Waals surface area (Å²) in [6.07, 6.45) is 4.25. The highest BCUT2D eigenvalue weighted by Gasteiger charge is 2.26. The third-order valence-corrected chi connectivity index (χ3v) is 3.58. The van der Waals surface area contributed by atoms with Gasteiger partial charge in [0.2, 0.25) is 0 Å². The second kappa shape index (κ2) is 4.61. The summed E-state index contributed by atoms with van der Waals surface area (Å²) in [5.74, 6) is 0.0338.